The number of hydrogen-bond acceptors (Lipinski definition) is 3. The number of thiazole rings is 1. The average molecular weight is 314 g/mol. The third kappa shape index (κ3) is 3.97. The number of halogens is 3. The van der Waals surface area contributed by atoms with Crippen LogP contribution in [0.5, 0.6) is 0 Å². The highest BCUT2D eigenvalue weighted by Gasteiger charge is 2.33. The zero-order valence-corrected chi connectivity index (χ0v) is 12.9. The van der Waals surface area contributed by atoms with Crippen molar-refractivity contribution in [1.82, 2.24) is 4.98 Å². The molecule has 2 nitrogen and oxygen atoms in total. The summed E-state index contributed by atoms with van der Waals surface area (Å²) in [4.78, 5) is 4.46. The molecule has 0 aliphatic heterocycles. The van der Waals surface area contributed by atoms with Crippen LogP contribution in [-0.4, -0.2) is 4.98 Å². The van der Waals surface area contributed by atoms with E-state index in [4.69, 9.17) is 0 Å². The molecule has 0 spiro atoms. The minimum Gasteiger partial charge on any atom is -0.378 e. The van der Waals surface area contributed by atoms with E-state index in [0.717, 1.165) is 16.8 Å². The summed E-state index contributed by atoms with van der Waals surface area (Å²) in [5, 5.41) is 5.55. The molecule has 0 radical (unpaired) electrons. The van der Waals surface area contributed by atoms with E-state index < -0.39 is 11.7 Å². The summed E-state index contributed by atoms with van der Waals surface area (Å²) < 4.78 is 38.6. The molecule has 0 unspecified atom stereocenters. The lowest BCUT2D eigenvalue weighted by molar-refractivity contribution is -0.136. The van der Waals surface area contributed by atoms with Crippen molar-refractivity contribution >= 4 is 17.0 Å². The van der Waals surface area contributed by atoms with Crippen molar-refractivity contribution in [1.29, 1.82) is 0 Å². The van der Waals surface area contributed by atoms with Crippen molar-refractivity contribution in [2.45, 2.75) is 38.9 Å². The predicted octanol–water partition coefficient (Wildman–Crippen LogP) is 5.07. The predicted molar refractivity (Wildman–Crippen MR) is 79.6 cm³/mol. The van der Waals surface area contributed by atoms with Crippen molar-refractivity contribution in [3.05, 3.63) is 45.9 Å². The Morgan fingerprint density at radius 3 is 2.38 bits per heavy atom. The first kappa shape index (κ1) is 15.8. The van der Waals surface area contributed by atoms with E-state index in [9.17, 15) is 13.2 Å². The van der Waals surface area contributed by atoms with Gasteiger partial charge in [-0.2, -0.15) is 13.2 Å². The molecule has 2 rings (SSSR count). The van der Waals surface area contributed by atoms with Crippen LogP contribution in [-0.2, 0) is 18.1 Å². The number of anilines is 1. The molecule has 0 fully saturated rings. The van der Waals surface area contributed by atoms with Crippen molar-refractivity contribution in [2.75, 3.05) is 5.32 Å². The van der Waals surface area contributed by atoms with Gasteiger partial charge in [-0.1, -0.05) is 32.9 Å². The van der Waals surface area contributed by atoms with Crippen LogP contribution in [0, 0.1) is 0 Å². The van der Waals surface area contributed by atoms with Gasteiger partial charge in [0.05, 0.1) is 17.8 Å². The molecule has 0 aliphatic rings. The highest BCUT2D eigenvalue weighted by atomic mass is 32.1. The van der Waals surface area contributed by atoms with Crippen LogP contribution in [0.25, 0.3) is 0 Å². The second-order valence-corrected chi connectivity index (χ2v) is 6.72. The van der Waals surface area contributed by atoms with Gasteiger partial charge in [0.1, 0.15) is 5.01 Å². The van der Waals surface area contributed by atoms with Gasteiger partial charge in [0.15, 0.2) is 0 Å². The number of nitrogens with zero attached hydrogens (tertiary/aromatic N) is 1. The highest BCUT2D eigenvalue weighted by molar-refractivity contribution is 7.09. The maximum absolute atomic E-state index is 12.9. The van der Waals surface area contributed by atoms with E-state index in [1.807, 2.05) is 5.38 Å². The number of para-hydroxylation sites is 1. The van der Waals surface area contributed by atoms with Crippen LogP contribution in [0.1, 0.15) is 37.0 Å². The summed E-state index contributed by atoms with van der Waals surface area (Å²) >= 11 is 1.45. The molecule has 1 N–H and O–H groups in total. The van der Waals surface area contributed by atoms with Crippen molar-refractivity contribution in [3.63, 3.8) is 0 Å². The lowest BCUT2D eigenvalue weighted by Gasteiger charge is -2.15. The Hall–Kier alpha value is -1.56. The Morgan fingerprint density at radius 2 is 1.81 bits per heavy atom. The molecule has 6 heteroatoms. The van der Waals surface area contributed by atoms with Gasteiger partial charge in [-0.15, -0.1) is 11.3 Å². The second-order valence-electron chi connectivity index (χ2n) is 5.77. The number of hydrogen-bond donors (Lipinski definition) is 1. The molecule has 0 amide bonds. The van der Waals surface area contributed by atoms with Gasteiger partial charge in [0, 0.05) is 16.5 Å². The molecular formula is C15H17F3N2S. The Labute approximate surface area is 126 Å². The molecule has 2 aromatic rings. The molecule has 1 aromatic carbocycles. The maximum atomic E-state index is 12.9. The largest absolute Gasteiger partial charge is 0.418 e. The Bertz CT molecular complexity index is 612. The third-order valence-electron chi connectivity index (χ3n) is 2.98. The van der Waals surface area contributed by atoms with Gasteiger partial charge < -0.3 is 5.32 Å². The van der Waals surface area contributed by atoms with Gasteiger partial charge >= 0.3 is 6.18 Å². The Morgan fingerprint density at radius 1 is 1.14 bits per heavy atom. The molecule has 1 aromatic heterocycles. The fourth-order valence-electron chi connectivity index (χ4n) is 1.79. The van der Waals surface area contributed by atoms with Crippen LogP contribution in [0.15, 0.2) is 29.6 Å². The van der Waals surface area contributed by atoms with Crippen LogP contribution in [0.3, 0.4) is 0 Å². The first-order valence-corrected chi connectivity index (χ1v) is 7.41. The lowest BCUT2D eigenvalue weighted by Crippen LogP contribution is -2.12. The first-order chi connectivity index (χ1) is 9.68. The smallest absolute Gasteiger partial charge is 0.378 e. The van der Waals surface area contributed by atoms with Gasteiger partial charge in [-0.3, -0.25) is 0 Å². The van der Waals surface area contributed by atoms with Crippen molar-refractivity contribution in [2.24, 2.45) is 0 Å². The summed E-state index contributed by atoms with van der Waals surface area (Å²) in [5.74, 6) is 0. The van der Waals surface area contributed by atoms with Crippen LogP contribution in [0.2, 0.25) is 0 Å². The van der Waals surface area contributed by atoms with Crippen LogP contribution >= 0.6 is 11.3 Å². The summed E-state index contributed by atoms with van der Waals surface area (Å²) in [7, 11) is 0. The van der Waals surface area contributed by atoms with Crippen LogP contribution < -0.4 is 5.32 Å². The van der Waals surface area contributed by atoms with Gasteiger partial charge in [-0.05, 0) is 12.1 Å². The fourth-order valence-corrected chi connectivity index (χ4v) is 2.75. The van der Waals surface area contributed by atoms with E-state index in [1.165, 1.54) is 23.5 Å². The Balaban J connectivity index is 2.12. The molecular weight excluding hydrogens is 297 g/mol. The summed E-state index contributed by atoms with van der Waals surface area (Å²) in [5.41, 5.74) is 0.321. The average Bonchev–Trinajstić information content (AvgIpc) is 2.84. The highest BCUT2D eigenvalue weighted by Crippen LogP contribution is 2.34. The molecule has 0 aliphatic carbocycles. The van der Waals surface area contributed by atoms with Crippen LogP contribution in [0.4, 0.5) is 18.9 Å². The standard InChI is InChI=1S/C15H17F3N2S/c1-14(2,3)12-9-21-13(20-12)8-19-11-7-5-4-6-10(11)15(16,17)18/h4-7,9,19H,8H2,1-3H3. The SMILES string of the molecule is CC(C)(C)c1csc(CNc2ccccc2C(F)(F)F)n1. The van der Waals surface area contributed by atoms with Gasteiger partial charge in [0.25, 0.3) is 0 Å². The topological polar surface area (TPSA) is 24.9 Å². The van der Waals surface area contributed by atoms with Crippen molar-refractivity contribution < 1.29 is 13.2 Å². The first-order valence-electron chi connectivity index (χ1n) is 6.53. The molecule has 114 valence electrons. The molecule has 1 heterocycles. The molecule has 0 bridgehead atoms. The van der Waals surface area contributed by atoms with E-state index in [-0.39, 0.29) is 17.6 Å². The summed E-state index contributed by atoms with van der Waals surface area (Å²) in [6, 6.07) is 5.47. The zero-order valence-electron chi connectivity index (χ0n) is 12.1. The minimum atomic E-state index is -4.36. The van der Waals surface area contributed by atoms with E-state index in [0.29, 0.717) is 0 Å². The normalized spacial score (nSPS) is 12.5. The monoisotopic (exact) mass is 314 g/mol. The number of rotatable bonds is 3. The van der Waals surface area contributed by atoms with E-state index >= 15 is 0 Å². The van der Waals surface area contributed by atoms with Crippen molar-refractivity contribution in [3.8, 4) is 0 Å². The quantitative estimate of drug-likeness (QED) is 0.855. The molecule has 0 saturated heterocycles. The van der Waals surface area contributed by atoms with Gasteiger partial charge in [-0.25, -0.2) is 4.98 Å². The zero-order chi connectivity index (χ0) is 15.7. The number of alkyl halides is 3. The minimum absolute atomic E-state index is 0.0569. The number of benzene rings is 1. The second kappa shape index (κ2) is 5.67. The fraction of sp³-hybridized carbons (Fsp3) is 0.400. The Kier molecular flexibility index (Phi) is 4.27. The number of nitrogens with one attached hydrogen (secondary N) is 1. The van der Waals surface area contributed by atoms with E-state index in [1.54, 1.807) is 6.07 Å². The lowest BCUT2D eigenvalue weighted by atomic mass is 9.93. The van der Waals surface area contributed by atoms with E-state index in [2.05, 4.69) is 31.1 Å². The summed E-state index contributed by atoms with van der Waals surface area (Å²) in [6.45, 7) is 6.45. The maximum Gasteiger partial charge on any atom is 0.418 e. The molecule has 0 saturated carbocycles. The third-order valence-corrected chi connectivity index (χ3v) is 3.83. The summed E-state index contributed by atoms with van der Waals surface area (Å²) in [6.07, 6.45) is -4.36. The number of aromatic nitrogens is 1. The molecule has 21 heavy (non-hydrogen) atoms. The van der Waals surface area contributed by atoms with Gasteiger partial charge in [0.2, 0.25) is 0 Å². The molecule has 0 atom stereocenters.